The molecule has 1 heterocycles. The van der Waals surface area contributed by atoms with Gasteiger partial charge in [0.15, 0.2) is 0 Å². The van der Waals surface area contributed by atoms with E-state index in [1.807, 2.05) is 0 Å². The lowest BCUT2D eigenvalue weighted by Gasteiger charge is -2.18. The van der Waals surface area contributed by atoms with E-state index in [1.54, 1.807) is 19.2 Å². The zero-order chi connectivity index (χ0) is 15.4. The van der Waals surface area contributed by atoms with Crippen LogP contribution >= 0.6 is 0 Å². The number of rotatable bonds is 5. The molecule has 21 heavy (non-hydrogen) atoms. The molecule has 1 aliphatic rings. The van der Waals surface area contributed by atoms with Crippen LogP contribution in [-0.2, 0) is 9.53 Å². The van der Waals surface area contributed by atoms with Gasteiger partial charge in [-0.3, -0.25) is 9.59 Å². The number of ether oxygens (including phenoxy) is 2. The summed E-state index contributed by atoms with van der Waals surface area (Å²) in [5.41, 5.74) is 5.97. The van der Waals surface area contributed by atoms with Crippen LogP contribution in [0, 0.1) is 5.92 Å². The average Bonchev–Trinajstić information content (AvgIpc) is 2.95. The Balaban J connectivity index is 2.19. The molecule has 1 fully saturated rings. The molecule has 2 unspecified atom stereocenters. The van der Waals surface area contributed by atoms with Gasteiger partial charge in [-0.25, -0.2) is 0 Å². The maximum Gasteiger partial charge on any atom is 0.248 e. The second kappa shape index (κ2) is 6.55. The maximum atomic E-state index is 12.3. The molecule has 0 bridgehead atoms. The van der Waals surface area contributed by atoms with Crippen LogP contribution in [0.1, 0.15) is 10.4 Å². The van der Waals surface area contributed by atoms with Crippen molar-refractivity contribution in [3.63, 3.8) is 0 Å². The highest BCUT2D eigenvalue weighted by atomic mass is 16.5. The zero-order valence-electron chi connectivity index (χ0n) is 12.0. The van der Waals surface area contributed by atoms with Crippen LogP contribution in [0.25, 0.3) is 0 Å². The molecule has 1 aromatic carbocycles. The predicted molar refractivity (Wildman–Crippen MR) is 77.3 cm³/mol. The van der Waals surface area contributed by atoms with E-state index >= 15 is 0 Å². The Morgan fingerprint density at radius 2 is 2.14 bits per heavy atom. The number of likely N-dealkylation sites (N-methyl/N-ethyl adjacent to an activating group) is 1. The van der Waals surface area contributed by atoms with Crippen LogP contribution in [0.2, 0.25) is 0 Å². The zero-order valence-corrected chi connectivity index (χ0v) is 12.0. The van der Waals surface area contributed by atoms with E-state index < -0.39 is 5.91 Å². The summed E-state index contributed by atoms with van der Waals surface area (Å²) in [6.07, 6.45) is 0. The van der Waals surface area contributed by atoms with Crippen molar-refractivity contribution in [1.29, 1.82) is 0 Å². The summed E-state index contributed by atoms with van der Waals surface area (Å²) >= 11 is 0. The minimum absolute atomic E-state index is 0.0321. The van der Waals surface area contributed by atoms with Crippen molar-refractivity contribution in [2.24, 2.45) is 11.7 Å². The van der Waals surface area contributed by atoms with E-state index in [1.165, 1.54) is 13.2 Å². The van der Waals surface area contributed by atoms with Crippen molar-refractivity contribution in [1.82, 2.24) is 5.32 Å². The molecule has 2 atom stereocenters. The van der Waals surface area contributed by atoms with E-state index in [2.05, 4.69) is 10.6 Å². The standard InChI is InChI=1S/C14H19N3O4/c1-16-11-7-21-6-9(11)14(19)17-10-5-8(13(15)18)3-4-12(10)20-2/h3-5,9,11,16H,6-7H2,1-2H3,(H2,15,18)(H,17,19). The lowest BCUT2D eigenvalue weighted by Crippen LogP contribution is -2.39. The largest absolute Gasteiger partial charge is 0.495 e. The lowest BCUT2D eigenvalue weighted by molar-refractivity contribution is -0.120. The van der Waals surface area contributed by atoms with E-state index in [0.717, 1.165) is 0 Å². The molecule has 7 nitrogen and oxygen atoms in total. The van der Waals surface area contributed by atoms with Crippen LogP contribution < -0.4 is 21.1 Å². The fourth-order valence-electron chi connectivity index (χ4n) is 2.28. The van der Waals surface area contributed by atoms with Gasteiger partial charge in [0, 0.05) is 11.6 Å². The quantitative estimate of drug-likeness (QED) is 0.707. The number of primary amides is 1. The number of carbonyl (C=O) groups excluding carboxylic acids is 2. The molecule has 0 aromatic heterocycles. The molecule has 7 heteroatoms. The first-order valence-corrected chi connectivity index (χ1v) is 6.60. The number of anilines is 1. The third-order valence-corrected chi connectivity index (χ3v) is 3.53. The summed E-state index contributed by atoms with van der Waals surface area (Å²) < 4.78 is 10.5. The fraction of sp³-hybridized carbons (Fsp3) is 0.429. The molecule has 0 aliphatic carbocycles. The van der Waals surface area contributed by atoms with Crippen LogP contribution in [0.5, 0.6) is 5.75 Å². The van der Waals surface area contributed by atoms with Gasteiger partial charge in [-0.1, -0.05) is 0 Å². The molecular formula is C14H19N3O4. The van der Waals surface area contributed by atoms with Gasteiger partial charge in [0.2, 0.25) is 11.8 Å². The number of benzene rings is 1. The van der Waals surface area contributed by atoms with Crippen molar-refractivity contribution in [3.8, 4) is 5.75 Å². The van der Waals surface area contributed by atoms with Gasteiger partial charge >= 0.3 is 0 Å². The second-order valence-corrected chi connectivity index (χ2v) is 4.81. The number of nitrogens with two attached hydrogens (primary N) is 1. The molecule has 1 saturated heterocycles. The smallest absolute Gasteiger partial charge is 0.248 e. The minimum atomic E-state index is -0.564. The maximum absolute atomic E-state index is 12.3. The summed E-state index contributed by atoms with van der Waals surface area (Å²) in [7, 11) is 3.28. The van der Waals surface area contributed by atoms with Gasteiger partial charge in [-0.2, -0.15) is 0 Å². The highest BCUT2D eigenvalue weighted by Crippen LogP contribution is 2.27. The Labute approximate surface area is 122 Å². The molecule has 1 aromatic rings. The van der Waals surface area contributed by atoms with Crippen molar-refractivity contribution >= 4 is 17.5 Å². The van der Waals surface area contributed by atoms with Crippen molar-refractivity contribution in [2.75, 3.05) is 32.7 Å². The van der Waals surface area contributed by atoms with Crippen molar-refractivity contribution in [2.45, 2.75) is 6.04 Å². The molecule has 0 saturated carbocycles. The number of carbonyl (C=O) groups is 2. The molecule has 4 N–H and O–H groups in total. The Morgan fingerprint density at radius 1 is 1.38 bits per heavy atom. The Hall–Kier alpha value is -2.12. The topological polar surface area (TPSA) is 103 Å². The highest BCUT2D eigenvalue weighted by Gasteiger charge is 2.33. The van der Waals surface area contributed by atoms with Gasteiger partial charge in [-0.05, 0) is 25.2 Å². The number of methoxy groups -OCH3 is 1. The number of hydrogen-bond acceptors (Lipinski definition) is 5. The van der Waals surface area contributed by atoms with Gasteiger partial charge in [-0.15, -0.1) is 0 Å². The first-order valence-electron chi connectivity index (χ1n) is 6.60. The molecular weight excluding hydrogens is 274 g/mol. The normalized spacial score (nSPS) is 21.0. The van der Waals surface area contributed by atoms with Crippen LogP contribution in [-0.4, -0.2) is 45.2 Å². The van der Waals surface area contributed by atoms with Crippen molar-refractivity contribution in [3.05, 3.63) is 23.8 Å². The molecule has 0 radical (unpaired) electrons. The summed E-state index contributed by atoms with van der Waals surface area (Å²) in [6, 6.07) is 4.61. The Morgan fingerprint density at radius 3 is 2.76 bits per heavy atom. The Kier molecular flexibility index (Phi) is 4.77. The third-order valence-electron chi connectivity index (χ3n) is 3.53. The molecule has 0 spiro atoms. The van der Waals surface area contributed by atoms with Crippen molar-refractivity contribution < 1.29 is 19.1 Å². The first-order chi connectivity index (χ1) is 10.1. The summed E-state index contributed by atoms with van der Waals surface area (Å²) in [5, 5.41) is 5.82. The van der Waals surface area contributed by atoms with E-state index in [-0.39, 0.29) is 17.9 Å². The molecule has 114 valence electrons. The molecule has 2 amide bonds. The first kappa shape index (κ1) is 15.3. The molecule has 1 aliphatic heterocycles. The number of hydrogen-bond donors (Lipinski definition) is 3. The van der Waals surface area contributed by atoms with Gasteiger partial charge in [0.25, 0.3) is 0 Å². The summed E-state index contributed by atoms with van der Waals surface area (Å²) in [6.45, 7) is 0.849. The van der Waals surface area contributed by atoms with E-state index in [4.69, 9.17) is 15.2 Å². The van der Waals surface area contributed by atoms with Crippen LogP contribution in [0.15, 0.2) is 18.2 Å². The van der Waals surface area contributed by atoms with Gasteiger partial charge in [0.1, 0.15) is 5.75 Å². The van der Waals surface area contributed by atoms with Crippen LogP contribution in [0.3, 0.4) is 0 Å². The van der Waals surface area contributed by atoms with Gasteiger partial charge < -0.3 is 25.8 Å². The number of nitrogens with one attached hydrogen (secondary N) is 2. The van der Waals surface area contributed by atoms with Crippen LogP contribution in [0.4, 0.5) is 5.69 Å². The van der Waals surface area contributed by atoms with E-state index in [0.29, 0.717) is 30.2 Å². The monoisotopic (exact) mass is 293 g/mol. The average molecular weight is 293 g/mol. The minimum Gasteiger partial charge on any atom is -0.495 e. The fourth-order valence-corrected chi connectivity index (χ4v) is 2.28. The van der Waals surface area contributed by atoms with Gasteiger partial charge in [0.05, 0.1) is 31.9 Å². The second-order valence-electron chi connectivity index (χ2n) is 4.81. The third kappa shape index (κ3) is 3.32. The molecule has 2 rings (SSSR count). The highest BCUT2D eigenvalue weighted by molar-refractivity contribution is 5.98. The number of amides is 2. The van der Waals surface area contributed by atoms with E-state index in [9.17, 15) is 9.59 Å². The lowest BCUT2D eigenvalue weighted by atomic mass is 10.0. The summed E-state index contributed by atoms with van der Waals surface area (Å²) in [4.78, 5) is 23.6. The SMILES string of the molecule is CNC1COCC1C(=O)Nc1cc(C(N)=O)ccc1OC. The Bertz CT molecular complexity index is 547. The predicted octanol–water partition coefficient (Wildman–Crippen LogP) is -0.0330. The summed E-state index contributed by atoms with van der Waals surface area (Å²) in [5.74, 6) is -0.581.